The lowest BCUT2D eigenvalue weighted by Crippen LogP contribution is -2.27. The number of pyridine rings is 1. The van der Waals surface area contributed by atoms with Crippen molar-refractivity contribution in [3.05, 3.63) is 66.0 Å². The van der Waals surface area contributed by atoms with Gasteiger partial charge in [-0.3, -0.25) is 9.38 Å². The predicted molar refractivity (Wildman–Crippen MR) is 141 cm³/mol. The third-order valence-corrected chi connectivity index (χ3v) is 7.14. The number of hydrogen-bond acceptors (Lipinski definition) is 3. The van der Waals surface area contributed by atoms with Gasteiger partial charge in [0.05, 0.1) is 35.3 Å². The van der Waals surface area contributed by atoms with Gasteiger partial charge in [-0.25, -0.2) is 9.97 Å². The number of aromatic nitrogens is 5. The van der Waals surface area contributed by atoms with Crippen molar-refractivity contribution in [3.8, 4) is 0 Å². The number of rotatable bonds is 5. The van der Waals surface area contributed by atoms with Gasteiger partial charge < -0.3 is 4.40 Å². The Labute approximate surface area is 204 Å². The Bertz CT molecular complexity index is 1320. The van der Waals surface area contributed by atoms with Crippen LogP contribution in [0.25, 0.3) is 11.0 Å². The van der Waals surface area contributed by atoms with Crippen LogP contribution in [0.4, 0.5) is 0 Å². The molecule has 0 atom stereocenters. The number of nitrogens with zero attached hydrogens (tertiary/aromatic N) is 5. The average molecular weight is 460 g/mol. The Balaban J connectivity index is 1.62. The summed E-state index contributed by atoms with van der Waals surface area (Å²) >= 11 is 0. The van der Waals surface area contributed by atoms with Crippen molar-refractivity contribution < 1.29 is 0 Å². The second kappa shape index (κ2) is 7.93. The molecular weight excluding hydrogens is 418 g/mol. The summed E-state index contributed by atoms with van der Waals surface area (Å²) in [5.74, 6) is 2.21. The van der Waals surface area contributed by atoms with E-state index in [1.807, 2.05) is 18.6 Å². The van der Waals surface area contributed by atoms with Crippen molar-refractivity contribution in [2.24, 2.45) is 0 Å². The first kappa shape index (κ1) is 24.4. The topological polar surface area (TPSA) is 47.5 Å². The highest BCUT2D eigenvalue weighted by Gasteiger charge is 2.31. The van der Waals surface area contributed by atoms with Crippen molar-refractivity contribution in [2.75, 3.05) is 0 Å². The fraction of sp³-hybridized carbons (Fsp3) is 0.552. The normalized spacial score (nSPS) is 13.8. The lowest BCUT2D eigenvalue weighted by Gasteiger charge is -2.31. The van der Waals surface area contributed by atoms with Crippen LogP contribution in [0.3, 0.4) is 0 Å². The molecule has 0 unspecified atom stereocenters. The molecule has 5 nitrogen and oxygen atoms in total. The molecule has 0 aromatic carbocycles. The maximum absolute atomic E-state index is 4.85. The molecule has 0 aliphatic rings. The van der Waals surface area contributed by atoms with Gasteiger partial charge in [0.25, 0.3) is 0 Å². The van der Waals surface area contributed by atoms with Gasteiger partial charge in [-0.15, -0.1) is 0 Å². The maximum Gasteiger partial charge on any atom is 0.119 e. The Morgan fingerprint density at radius 1 is 0.588 bits per heavy atom. The summed E-state index contributed by atoms with van der Waals surface area (Å²) in [6.07, 6.45) is 12.4. The number of imidazole rings is 2. The van der Waals surface area contributed by atoms with Crippen LogP contribution in [0.15, 0.2) is 43.1 Å². The molecule has 0 spiro atoms. The van der Waals surface area contributed by atoms with Crippen LogP contribution < -0.4 is 0 Å². The molecule has 0 aliphatic carbocycles. The van der Waals surface area contributed by atoms with E-state index in [2.05, 4.69) is 108 Å². The summed E-state index contributed by atoms with van der Waals surface area (Å²) in [5, 5.41) is 0. The minimum Gasteiger partial charge on any atom is -0.303 e. The van der Waals surface area contributed by atoms with Crippen LogP contribution in [0, 0.1) is 0 Å². The molecule has 4 aromatic heterocycles. The molecule has 0 N–H and O–H groups in total. The van der Waals surface area contributed by atoms with E-state index in [4.69, 9.17) is 9.97 Å². The molecule has 182 valence electrons. The van der Waals surface area contributed by atoms with Gasteiger partial charge in [-0.2, -0.15) is 0 Å². The summed E-state index contributed by atoms with van der Waals surface area (Å²) in [7, 11) is 0. The molecule has 0 saturated carbocycles. The van der Waals surface area contributed by atoms with Crippen LogP contribution >= 0.6 is 0 Å². The fourth-order valence-electron chi connectivity index (χ4n) is 4.61. The van der Waals surface area contributed by atoms with Crippen LogP contribution in [0.2, 0.25) is 0 Å². The van der Waals surface area contributed by atoms with Crippen LogP contribution in [-0.2, 0) is 21.7 Å². The minimum atomic E-state index is -0.0735. The van der Waals surface area contributed by atoms with E-state index >= 15 is 0 Å². The molecule has 0 amide bonds. The van der Waals surface area contributed by atoms with E-state index < -0.39 is 0 Å². The van der Waals surface area contributed by atoms with E-state index in [1.165, 1.54) is 5.56 Å². The van der Waals surface area contributed by atoms with Gasteiger partial charge in [-0.1, -0.05) is 75.3 Å². The predicted octanol–water partition coefficient (Wildman–Crippen LogP) is 7.01. The number of hydrogen-bond donors (Lipinski definition) is 0. The second-order valence-electron chi connectivity index (χ2n) is 13.2. The highest BCUT2D eigenvalue weighted by Crippen LogP contribution is 2.36. The molecule has 0 bridgehead atoms. The first-order valence-corrected chi connectivity index (χ1v) is 12.4. The SMILES string of the molecule is CC(C)(C)c1cn2c(C(C)(C)CCC(C)(C)c3ccc4cnc(C(C)(C)C)n4c3)ncc2cn1. The molecule has 4 rings (SSSR count). The van der Waals surface area contributed by atoms with Crippen molar-refractivity contribution >= 4 is 11.0 Å². The standard InChI is InChI=1S/C29H41N5/c1-26(2,3)23-19-34-22(16-30-23)17-32-25(34)29(9,10)14-13-28(7,8)20-11-12-21-15-31-24(27(4,5)6)33(21)18-20/h11-12,15-19H,13-14H2,1-10H3. The van der Waals surface area contributed by atoms with Crippen LogP contribution in [-0.4, -0.2) is 23.8 Å². The zero-order valence-electron chi connectivity index (χ0n) is 22.7. The monoisotopic (exact) mass is 459 g/mol. The molecule has 0 saturated heterocycles. The van der Waals surface area contributed by atoms with Crippen molar-refractivity contribution in [1.82, 2.24) is 23.8 Å². The molecule has 0 aliphatic heterocycles. The van der Waals surface area contributed by atoms with E-state index in [9.17, 15) is 0 Å². The van der Waals surface area contributed by atoms with Crippen molar-refractivity contribution in [2.45, 2.75) is 104 Å². The third kappa shape index (κ3) is 4.49. The lowest BCUT2D eigenvalue weighted by atomic mass is 9.75. The summed E-state index contributed by atoms with van der Waals surface area (Å²) in [5.41, 5.74) is 4.57. The number of fused-ring (bicyclic) bond motifs is 2. The molecule has 5 heteroatoms. The molecule has 0 radical (unpaired) electrons. The molecule has 0 fully saturated rings. The Morgan fingerprint density at radius 3 is 1.79 bits per heavy atom. The van der Waals surface area contributed by atoms with E-state index in [0.717, 1.165) is 41.2 Å². The molecule has 4 aromatic rings. The van der Waals surface area contributed by atoms with E-state index in [1.54, 1.807) is 0 Å². The molecule has 34 heavy (non-hydrogen) atoms. The van der Waals surface area contributed by atoms with Gasteiger partial charge in [0.2, 0.25) is 0 Å². The van der Waals surface area contributed by atoms with Gasteiger partial charge >= 0.3 is 0 Å². The van der Waals surface area contributed by atoms with Gasteiger partial charge in [0.1, 0.15) is 11.6 Å². The largest absolute Gasteiger partial charge is 0.303 e. The maximum atomic E-state index is 4.85. The summed E-state index contributed by atoms with van der Waals surface area (Å²) < 4.78 is 4.51. The lowest BCUT2D eigenvalue weighted by molar-refractivity contribution is 0.360. The Morgan fingerprint density at radius 2 is 1.15 bits per heavy atom. The van der Waals surface area contributed by atoms with Gasteiger partial charge in [0.15, 0.2) is 0 Å². The first-order chi connectivity index (χ1) is 15.6. The zero-order valence-corrected chi connectivity index (χ0v) is 22.7. The Hall–Kier alpha value is -2.69. The van der Waals surface area contributed by atoms with Crippen LogP contribution in [0.5, 0.6) is 0 Å². The summed E-state index contributed by atoms with van der Waals surface area (Å²) in [4.78, 5) is 14.2. The van der Waals surface area contributed by atoms with E-state index in [-0.39, 0.29) is 21.7 Å². The molecular formula is C29H41N5. The summed E-state index contributed by atoms with van der Waals surface area (Å²) in [6.45, 7) is 22.6. The van der Waals surface area contributed by atoms with Crippen LogP contribution in [0.1, 0.15) is 105 Å². The fourth-order valence-corrected chi connectivity index (χ4v) is 4.61. The van der Waals surface area contributed by atoms with E-state index in [0.29, 0.717) is 0 Å². The smallest absolute Gasteiger partial charge is 0.119 e. The van der Waals surface area contributed by atoms with Gasteiger partial charge in [-0.05, 0) is 29.9 Å². The average Bonchev–Trinajstić information content (AvgIpc) is 3.35. The quantitative estimate of drug-likeness (QED) is 0.322. The second-order valence-corrected chi connectivity index (χ2v) is 13.2. The zero-order chi connectivity index (χ0) is 25.1. The molecule has 4 heterocycles. The Kier molecular flexibility index (Phi) is 5.70. The van der Waals surface area contributed by atoms with Gasteiger partial charge in [0, 0.05) is 28.6 Å². The van der Waals surface area contributed by atoms with Crippen molar-refractivity contribution in [1.29, 1.82) is 0 Å². The third-order valence-electron chi connectivity index (χ3n) is 7.14. The minimum absolute atomic E-state index is 0.000259. The highest BCUT2D eigenvalue weighted by molar-refractivity contribution is 5.49. The summed E-state index contributed by atoms with van der Waals surface area (Å²) in [6, 6.07) is 4.47. The highest BCUT2D eigenvalue weighted by atomic mass is 15.0. The first-order valence-electron chi connectivity index (χ1n) is 12.4. The van der Waals surface area contributed by atoms with Crippen molar-refractivity contribution in [3.63, 3.8) is 0 Å².